The fourth-order valence-corrected chi connectivity index (χ4v) is 4.60. The molecule has 0 atom stereocenters. The van der Waals surface area contributed by atoms with Crippen LogP contribution < -0.4 is 4.74 Å². The van der Waals surface area contributed by atoms with Crippen LogP contribution in [0.1, 0.15) is 49.5 Å². The van der Waals surface area contributed by atoms with Gasteiger partial charge in [0.05, 0.1) is 12.9 Å². The van der Waals surface area contributed by atoms with E-state index in [-0.39, 0.29) is 11.7 Å². The summed E-state index contributed by atoms with van der Waals surface area (Å²) in [6.07, 6.45) is 5.97. The number of hydrogen-bond donors (Lipinski definition) is 0. The fourth-order valence-electron chi connectivity index (χ4n) is 3.89. The number of hydrogen-bond acceptors (Lipinski definition) is 6. The van der Waals surface area contributed by atoms with Gasteiger partial charge in [-0.2, -0.15) is 0 Å². The summed E-state index contributed by atoms with van der Waals surface area (Å²) in [5, 5.41) is 11.1. The Balaban J connectivity index is 1.31. The van der Waals surface area contributed by atoms with Gasteiger partial charge >= 0.3 is 0 Å². The topological polar surface area (TPSA) is 68.5 Å². The Morgan fingerprint density at radius 2 is 1.90 bits per heavy atom. The number of fused-ring (bicyclic) bond motifs is 1. The van der Waals surface area contributed by atoms with Crippen molar-refractivity contribution in [3.05, 3.63) is 47.9 Å². The molecule has 3 aromatic rings. The van der Waals surface area contributed by atoms with Gasteiger partial charge in [-0.15, -0.1) is 10.2 Å². The second-order valence-electron chi connectivity index (χ2n) is 7.83. The van der Waals surface area contributed by atoms with E-state index in [2.05, 4.69) is 22.3 Å². The minimum absolute atomic E-state index is 0.0345. The zero-order valence-corrected chi connectivity index (χ0v) is 18.3. The monoisotopic (exact) mass is 425 g/mol. The third kappa shape index (κ3) is 4.95. The van der Waals surface area contributed by atoms with Gasteiger partial charge in [-0.05, 0) is 47.4 Å². The number of ether oxygens (including phenoxy) is 1. The lowest BCUT2D eigenvalue weighted by atomic mass is 9.89. The van der Waals surface area contributed by atoms with Crippen LogP contribution in [0.5, 0.6) is 5.75 Å². The summed E-state index contributed by atoms with van der Waals surface area (Å²) in [5.41, 5.74) is 1.09. The van der Waals surface area contributed by atoms with Gasteiger partial charge < -0.3 is 14.1 Å². The van der Waals surface area contributed by atoms with Crippen molar-refractivity contribution in [3.8, 4) is 5.75 Å². The van der Waals surface area contributed by atoms with Crippen LogP contribution in [0.2, 0.25) is 0 Å². The molecule has 0 unspecified atom stereocenters. The predicted octanol–water partition coefficient (Wildman–Crippen LogP) is 5.03. The number of nitrogens with zero attached hydrogens (tertiary/aromatic N) is 3. The maximum absolute atomic E-state index is 12.6. The number of methoxy groups -OCH3 is 1. The molecule has 0 aliphatic heterocycles. The molecule has 30 heavy (non-hydrogen) atoms. The quantitative estimate of drug-likeness (QED) is 0.495. The van der Waals surface area contributed by atoms with Crippen molar-refractivity contribution in [1.82, 2.24) is 15.1 Å². The zero-order chi connectivity index (χ0) is 20.9. The van der Waals surface area contributed by atoms with E-state index in [9.17, 15) is 4.79 Å². The maximum Gasteiger partial charge on any atom is 0.277 e. The first kappa shape index (κ1) is 20.7. The first-order valence-electron chi connectivity index (χ1n) is 10.4. The highest BCUT2D eigenvalue weighted by atomic mass is 32.2. The lowest BCUT2D eigenvalue weighted by Crippen LogP contribution is -2.27. The third-order valence-electron chi connectivity index (χ3n) is 5.65. The van der Waals surface area contributed by atoms with E-state index in [1.54, 1.807) is 12.0 Å². The lowest BCUT2D eigenvalue weighted by Gasteiger charge is -2.17. The molecule has 7 heteroatoms. The van der Waals surface area contributed by atoms with Crippen molar-refractivity contribution >= 4 is 28.4 Å². The summed E-state index contributed by atoms with van der Waals surface area (Å²) < 4.78 is 11.1. The van der Waals surface area contributed by atoms with Gasteiger partial charge in [-0.1, -0.05) is 49.2 Å². The van der Waals surface area contributed by atoms with Crippen LogP contribution in [0.25, 0.3) is 10.8 Å². The Bertz CT molecular complexity index is 1010. The normalized spacial score (nSPS) is 14.7. The fraction of sp³-hybridized carbons (Fsp3) is 0.435. The van der Waals surface area contributed by atoms with E-state index < -0.39 is 0 Å². The summed E-state index contributed by atoms with van der Waals surface area (Å²) in [6, 6.07) is 12.2. The van der Waals surface area contributed by atoms with E-state index in [1.807, 2.05) is 31.3 Å². The molecule has 1 fully saturated rings. The predicted molar refractivity (Wildman–Crippen MR) is 118 cm³/mol. The molecule has 0 spiro atoms. The second kappa shape index (κ2) is 9.51. The van der Waals surface area contributed by atoms with Gasteiger partial charge in [0.2, 0.25) is 11.8 Å². The van der Waals surface area contributed by atoms with Crippen molar-refractivity contribution in [3.63, 3.8) is 0 Å². The molecular weight excluding hydrogens is 398 g/mol. The number of aromatic nitrogens is 2. The molecule has 1 aromatic heterocycles. The Kier molecular flexibility index (Phi) is 6.57. The Morgan fingerprint density at radius 3 is 2.70 bits per heavy atom. The van der Waals surface area contributed by atoms with Crippen LogP contribution in [-0.2, 0) is 11.3 Å². The summed E-state index contributed by atoms with van der Waals surface area (Å²) >= 11 is 1.31. The number of carbonyl (C=O) groups excluding carboxylic acids is 1. The van der Waals surface area contributed by atoms with Crippen LogP contribution in [0.15, 0.2) is 46.0 Å². The van der Waals surface area contributed by atoms with Crippen molar-refractivity contribution < 1.29 is 13.9 Å². The summed E-state index contributed by atoms with van der Waals surface area (Å²) in [6.45, 7) is 0.554. The Hall–Kier alpha value is -2.54. The Morgan fingerprint density at radius 1 is 1.13 bits per heavy atom. The summed E-state index contributed by atoms with van der Waals surface area (Å²) in [7, 11) is 3.49. The van der Waals surface area contributed by atoms with Crippen molar-refractivity contribution in [2.24, 2.45) is 0 Å². The van der Waals surface area contributed by atoms with Crippen molar-refractivity contribution in [2.45, 2.75) is 49.8 Å². The molecule has 4 rings (SSSR count). The third-order valence-corrected chi connectivity index (χ3v) is 6.46. The smallest absolute Gasteiger partial charge is 0.277 e. The van der Waals surface area contributed by atoms with Gasteiger partial charge in [0.25, 0.3) is 5.22 Å². The molecule has 6 nitrogen and oxygen atoms in total. The van der Waals surface area contributed by atoms with Crippen molar-refractivity contribution in [1.29, 1.82) is 0 Å². The molecule has 0 saturated heterocycles. The average Bonchev–Trinajstić information content (AvgIpc) is 3.26. The van der Waals surface area contributed by atoms with Crippen LogP contribution in [0.4, 0.5) is 0 Å². The molecule has 1 aliphatic rings. The van der Waals surface area contributed by atoms with Crippen LogP contribution >= 0.6 is 11.8 Å². The molecule has 1 saturated carbocycles. The van der Waals surface area contributed by atoms with Gasteiger partial charge in [0.15, 0.2) is 0 Å². The highest BCUT2D eigenvalue weighted by Gasteiger charge is 2.22. The first-order chi connectivity index (χ1) is 14.6. The molecule has 2 aromatic carbocycles. The first-order valence-corrected chi connectivity index (χ1v) is 11.4. The molecule has 1 aliphatic carbocycles. The highest BCUT2D eigenvalue weighted by Crippen LogP contribution is 2.33. The van der Waals surface area contributed by atoms with Gasteiger partial charge in [0, 0.05) is 19.5 Å². The van der Waals surface area contributed by atoms with E-state index in [0.29, 0.717) is 17.7 Å². The minimum atomic E-state index is 0.0345. The molecule has 0 N–H and O–H groups in total. The SMILES string of the molecule is COc1ccc2cc(CN(C)C(=O)CSc3nnc(C4CCCCC4)o3)ccc2c1. The molecule has 1 amide bonds. The van der Waals surface area contributed by atoms with Gasteiger partial charge in [0.1, 0.15) is 5.75 Å². The largest absolute Gasteiger partial charge is 0.497 e. The Labute approximate surface area is 181 Å². The van der Waals surface area contributed by atoms with Crippen LogP contribution in [0, 0.1) is 0 Å². The van der Waals surface area contributed by atoms with E-state index >= 15 is 0 Å². The zero-order valence-electron chi connectivity index (χ0n) is 17.5. The molecule has 1 heterocycles. The van der Waals surface area contributed by atoms with Crippen molar-refractivity contribution in [2.75, 3.05) is 19.9 Å². The minimum Gasteiger partial charge on any atom is -0.497 e. The number of amides is 1. The van der Waals surface area contributed by atoms with Crippen LogP contribution in [0.3, 0.4) is 0 Å². The standard InChI is InChI=1S/C23H27N3O3S/c1-26(14-16-8-9-19-13-20(28-2)11-10-18(19)12-16)21(27)15-30-23-25-24-22(29-23)17-6-4-3-5-7-17/h8-13,17H,3-7,14-15H2,1-2H3. The molecule has 0 radical (unpaired) electrons. The maximum atomic E-state index is 12.6. The number of benzene rings is 2. The lowest BCUT2D eigenvalue weighted by molar-refractivity contribution is -0.127. The summed E-state index contributed by atoms with van der Waals surface area (Å²) in [4.78, 5) is 14.3. The van der Waals surface area contributed by atoms with Crippen LogP contribution in [-0.4, -0.2) is 40.9 Å². The molecular formula is C23H27N3O3S. The summed E-state index contributed by atoms with van der Waals surface area (Å²) in [5.74, 6) is 2.27. The van der Waals surface area contributed by atoms with E-state index in [0.717, 1.165) is 40.8 Å². The second-order valence-corrected chi connectivity index (χ2v) is 8.75. The molecule has 0 bridgehead atoms. The van der Waals surface area contributed by atoms with E-state index in [4.69, 9.17) is 9.15 Å². The number of rotatable bonds is 7. The van der Waals surface area contributed by atoms with Gasteiger partial charge in [-0.3, -0.25) is 4.79 Å². The number of thioether (sulfide) groups is 1. The van der Waals surface area contributed by atoms with Gasteiger partial charge in [-0.25, -0.2) is 0 Å². The molecule has 158 valence electrons. The van der Waals surface area contributed by atoms with E-state index in [1.165, 1.54) is 31.0 Å². The highest BCUT2D eigenvalue weighted by molar-refractivity contribution is 7.99. The number of carbonyl (C=O) groups is 1. The average molecular weight is 426 g/mol.